The molecule has 0 bridgehead atoms. The van der Waals surface area contributed by atoms with Crippen molar-refractivity contribution in [1.29, 1.82) is 0 Å². The van der Waals surface area contributed by atoms with Crippen molar-refractivity contribution in [3.63, 3.8) is 0 Å². The SMILES string of the molecule is Cc1ccc(Oc2ccc(N3C(=S)N[C@H](c4ccccn4)[C@@H]3c3cc(C)n(-c4cc(C(=O)O)ccc4C)c3C)cc2)cc1. The van der Waals surface area contributed by atoms with Gasteiger partial charge in [-0.15, -0.1) is 0 Å². The van der Waals surface area contributed by atoms with Crippen molar-refractivity contribution in [1.82, 2.24) is 14.9 Å². The van der Waals surface area contributed by atoms with Crippen LogP contribution in [0, 0.1) is 27.7 Å². The zero-order valence-electron chi connectivity index (χ0n) is 24.4. The molecule has 6 rings (SSSR count). The van der Waals surface area contributed by atoms with E-state index < -0.39 is 5.97 Å². The summed E-state index contributed by atoms with van der Waals surface area (Å²) in [6.45, 7) is 8.16. The maximum Gasteiger partial charge on any atom is 0.335 e. The molecule has 1 aliphatic heterocycles. The van der Waals surface area contributed by atoms with Gasteiger partial charge in [-0.05, 0) is 118 Å². The van der Waals surface area contributed by atoms with Gasteiger partial charge >= 0.3 is 5.97 Å². The van der Waals surface area contributed by atoms with E-state index in [-0.39, 0.29) is 17.6 Å². The molecule has 8 heteroatoms. The second-order valence-electron chi connectivity index (χ2n) is 10.9. The lowest BCUT2D eigenvalue weighted by atomic mass is 9.96. The number of benzene rings is 3. The summed E-state index contributed by atoms with van der Waals surface area (Å²) in [5.41, 5.74) is 8.13. The van der Waals surface area contributed by atoms with E-state index in [0.29, 0.717) is 5.11 Å². The molecule has 2 atom stereocenters. The number of nitrogens with one attached hydrogen (secondary N) is 1. The molecule has 0 amide bonds. The van der Waals surface area contributed by atoms with Gasteiger partial charge in [0, 0.05) is 29.0 Å². The Bertz CT molecular complexity index is 1820. The van der Waals surface area contributed by atoms with Crippen molar-refractivity contribution in [3.05, 3.63) is 137 Å². The molecule has 1 aliphatic rings. The van der Waals surface area contributed by atoms with Gasteiger partial charge in [0.1, 0.15) is 11.5 Å². The standard InChI is InChI=1S/C35H32N4O3S/c1-21-8-14-27(15-9-21)42-28-16-12-26(13-17-28)39-33(32(37-35(39)43)30-7-5-6-18-36-30)29-19-23(3)38(24(29)4)31-20-25(34(40)41)11-10-22(31)2/h5-20,32-33H,1-4H3,(H,37,43)(H,40,41)/t32-,33+/m1/s1. The highest BCUT2D eigenvalue weighted by molar-refractivity contribution is 7.80. The Balaban J connectivity index is 1.43. The maximum absolute atomic E-state index is 11.8. The fourth-order valence-electron chi connectivity index (χ4n) is 5.81. The van der Waals surface area contributed by atoms with Crippen LogP contribution in [-0.4, -0.2) is 25.7 Å². The molecule has 0 aliphatic carbocycles. The third-order valence-corrected chi connectivity index (χ3v) is 8.27. The van der Waals surface area contributed by atoms with Crippen LogP contribution >= 0.6 is 12.2 Å². The average molecular weight is 589 g/mol. The fraction of sp³-hybridized carbons (Fsp3) is 0.171. The number of rotatable bonds is 7. The minimum absolute atomic E-state index is 0.211. The van der Waals surface area contributed by atoms with E-state index in [1.54, 1.807) is 18.3 Å². The molecule has 3 aromatic carbocycles. The average Bonchev–Trinajstić information content (AvgIpc) is 3.50. The number of hydrogen-bond donors (Lipinski definition) is 2. The van der Waals surface area contributed by atoms with E-state index in [0.717, 1.165) is 51.1 Å². The Hall–Kier alpha value is -4.95. The van der Waals surface area contributed by atoms with Gasteiger partial charge in [0.25, 0.3) is 0 Å². The highest BCUT2D eigenvalue weighted by Gasteiger charge is 2.42. The number of pyridine rings is 1. The van der Waals surface area contributed by atoms with Crippen molar-refractivity contribution in [2.24, 2.45) is 0 Å². The molecule has 7 nitrogen and oxygen atoms in total. The van der Waals surface area contributed by atoms with Crippen molar-refractivity contribution >= 4 is 29.0 Å². The number of thiocarbonyl (C=S) groups is 1. The van der Waals surface area contributed by atoms with Crippen molar-refractivity contribution in [2.45, 2.75) is 39.8 Å². The molecular weight excluding hydrogens is 556 g/mol. The van der Waals surface area contributed by atoms with Gasteiger partial charge in [-0.25, -0.2) is 4.79 Å². The van der Waals surface area contributed by atoms with Gasteiger partial charge in [-0.1, -0.05) is 29.8 Å². The lowest BCUT2D eigenvalue weighted by molar-refractivity contribution is 0.0697. The Morgan fingerprint density at radius 3 is 2.26 bits per heavy atom. The highest BCUT2D eigenvalue weighted by Crippen LogP contribution is 2.44. The Morgan fingerprint density at radius 2 is 1.60 bits per heavy atom. The van der Waals surface area contributed by atoms with E-state index in [4.69, 9.17) is 17.0 Å². The van der Waals surface area contributed by atoms with Crippen LogP contribution in [-0.2, 0) is 0 Å². The summed E-state index contributed by atoms with van der Waals surface area (Å²) in [6.07, 6.45) is 1.79. The molecule has 1 fully saturated rings. The predicted octanol–water partition coefficient (Wildman–Crippen LogP) is 7.77. The molecular formula is C35H32N4O3S. The molecule has 2 aromatic heterocycles. The minimum Gasteiger partial charge on any atom is -0.478 e. The largest absolute Gasteiger partial charge is 0.478 e. The van der Waals surface area contributed by atoms with Crippen LogP contribution in [0.5, 0.6) is 11.5 Å². The van der Waals surface area contributed by atoms with Crippen LogP contribution < -0.4 is 15.0 Å². The van der Waals surface area contributed by atoms with Crippen molar-refractivity contribution in [3.8, 4) is 17.2 Å². The number of aromatic nitrogens is 2. The van der Waals surface area contributed by atoms with Gasteiger partial charge in [-0.2, -0.15) is 0 Å². The van der Waals surface area contributed by atoms with E-state index in [1.807, 2.05) is 93.6 Å². The summed E-state index contributed by atoms with van der Waals surface area (Å²) in [5.74, 6) is 0.556. The van der Waals surface area contributed by atoms with Crippen molar-refractivity contribution < 1.29 is 14.6 Å². The molecule has 0 unspecified atom stereocenters. The summed E-state index contributed by atoms with van der Waals surface area (Å²) in [5, 5.41) is 13.8. The smallest absolute Gasteiger partial charge is 0.335 e. The van der Waals surface area contributed by atoms with Gasteiger partial charge < -0.3 is 24.6 Å². The number of carbonyl (C=O) groups is 1. The molecule has 216 valence electrons. The predicted molar refractivity (Wildman–Crippen MR) is 173 cm³/mol. The van der Waals surface area contributed by atoms with Gasteiger partial charge in [0.05, 0.1) is 23.3 Å². The van der Waals surface area contributed by atoms with Crippen LogP contribution in [0.2, 0.25) is 0 Å². The first-order chi connectivity index (χ1) is 20.7. The molecule has 0 saturated carbocycles. The number of carboxylic acid groups (broad SMARTS) is 1. The second kappa shape index (κ2) is 11.4. The summed E-state index contributed by atoms with van der Waals surface area (Å²) in [6, 6.07) is 28.8. The van der Waals surface area contributed by atoms with E-state index >= 15 is 0 Å². The molecule has 2 N–H and O–H groups in total. The summed E-state index contributed by atoms with van der Waals surface area (Å²) in [7, 11) is 0. The van der Waals surface area contributed by atoms with Crippen LogP contribution in [0.25, 0.3) is 5.69 Å². The number of ether oxygens (including phenoxy) is 1. The van der Waals surface area contributed by atoms with E-state index in [1.165, 1.54) is 5.56 Å². The van der Waals surface area contributed by atoms with Crippen LogP contribution in [0.4, 0.5) is 5.69 Å². The lowest BCUT2D eigenvalue weighted by Crippen LogP contribution is -2.29. The van der Waals surface area contributed by atoms with E-state index in [2.05, 4.69) is 32.8 Å². The van der Waals surface area contributed by atoms with Crippen molar-refractivity contribution in [2.75, 3.05) is 4.90 Å². The topological polar surface area (TPSA) is 79.6 Å². The minimum atomic E-state index is -0.953. The number of anilines is 1. The Labute approximate surface area is 256 Å². The van der Waals surface area contributed by atoms with Crippen LogP contribution in [0.3, 0.4) is 0 Å². The van der Waals surface area contributed by atoms with Crippen LogP contribution in [0.1, 0.15) is 56.2 Å². The third kappa shape index (κ3) is 5.37. The lowest BCUT2D eigenvalue weighted by Gasteiger charge is -2.28. The molecule has 43 heavy (non-hydrogen) atoms. The normalized spacial score (nSPS) is 16.3. The number of hydrogen-bond acceptors (Lipinski definition) is 4. The third-order valence-electron chi connectivity index (χ3n) is 7.96. The number of carboxylic acids is 1. The quantitative estimate of drug-likeness (QED) is 0.188. The first kappa shape index (κ1) is 28.2. The first-order valence-corrected chi connectivity index (χ1v) is 14.5. The number of aryl methyl sites for hydroxylation is 3. The van der Waals surface area contributed by atoms with Crippen LogP contribution in [0.15, 0.2) is 97.2 Å². The Kier molecular flexibility index (Phi) is 7.46. The zero-order valence-corrected chi connectivity index (χ0v) is 25.2. The summed E-state index contributed by atoms with van der Waals surface area (Å²) in [4.78, 5) is 18.6. The van der Waals surface area contributed by atoms with Gasteiger partial charge in [-0.3, -0.25) is 4.98 Å². The highest BCUT2D eigenvalue weighted by atomic mass is 32.1. The summed E-state index contributed by atoms with van der Waals surface area (Å²) < 4.78 is 8.21. The Morgan fingerprint density at radius 1 is 0.907 bits per heavy atom. The monoisotopic (exact) mass is 588 g/mol. The maximum atomic E-state index is 11.8. The second-order valence-corrected chi connectivity index (χ2v) is 11.3. The first-order valence-electron chi connectivity index (χ1n) is 14.1. The number of nitrogens with zero attached hydrogens (tertiary/aromatic N) is 3. The molecule has 0 spiro atoms. The molecule has 1 saturated heterocycles. The summed E-state index contributed by atoms with van der Waals surface area (Å²) >= 11 is 5.95. The van der Waals surface area contributed by atoms with Gasteiger partial charge in [0.15, 0.2) is 5.11 Å². The zero-order chi connectivity index (χ0) is 30.2. The molecule has 0 radical (unpaired) electrons. The molecule has 3 heterocycles. The van der Waals surface area contributed by atoms with E-state index in [9.17, 15) is 9.90 Å². The van der Waals surface area contributed by atoms with Gasteiger partial charge in [0.2, 0.25) is 0 Å². The fourth-order valence-corrected chi connectivity index (χ4v) is 6.15. The number of aromatic carboxylic acids is 1. The molecule has 5 aromatic rings.